The molecule has 1 aliphatic rings. The Bertz CT molecular complexity index is 1300. The summed E-state index contributed by atoms with van der Waals surface area (Å²) in [6, 6.07) is 12.7. The van der Waals surface area contributed by atoms with Crippen LogP contribution in [0.2, 0.25) is 5.02 Å². The molecule has 3 heterocycles. The van der Waals surface area contributed by atoms with E-state index in [4.69, 9.17) is 22.1 Å². The molecule has 5 rings (SSSR count). The lowest BCUT2D eigenvalue weighted by Gasteiger charge is -2.38. The quantitative estimate of drug-likeness (QED) is 0.446. The molecule has 3 N–H and O–H groups in total. The monoisotopic (exact) mass is 465 g/mol. The zero-order chi connectivity index (χ0) is 23.1. The van der Waals surface area contributed by atoms with Gasteiger partial charge in [0.1, 0.15) is 11.5 Å². The van der Waals surface area contributed by atoms with Crippen LogP contribution in [0.15, 0.2) is 48.7 Å². The van der Waals surface area contributed by atoms with E-state index in [1.54, 1.807) is 13.3 Å². The van der Waals surface area contributed by atoms with Gasteiger partial charge in [-0.15, -0.1) is 5.10 Å². The lowest BCUT2D eigenvalue weighted by Crippen LogP contribution is -2.51. The third-order valence-corrected chi connectivity index (χ3v) is 6.48. The largest absolute Gasteiger partial charge is 0.378 e. The van der Waals surface area contributed by atoms with Crippen molar-refractivity contribution < 1.29 is 9.13 Å². The lowest BCUT2D eigenvalue weighted by atomic mass is 9.97. The number of nitrogens with one attached hydrogen (secondary N) is 1. The van der Waals surface area contributed by atoms with Crippen molar-refractivity contribution >= 4 is 28.2 Å². The van der Waals surface area contributed by atoms with Crippen LogP contribution in [0.5, 0.6) is 0 Å². The maximum absolute atomic E-state index is 14.4. The number of piperidine rings is 1. The Morgan fingerprint density at radius 1 is 1.21 bits per heavy atom. The number of benzene rings is 2. The minimum absolute atomic E-state index is 0.0421. The minimum Gasteiger partial charge on any atom is -0.378 e. The van der Waals surface area contributed by atoms with E-state index in [9.17, 15) is 4.39 Å². The second-order valence-corrected chi connectivity index (χ2v) is 9.00. The molecule has 2 aromatic heterocycles. The summed E-state index contributed by atoms with van der Waals surface area (Å²) in [6.45, 7) is 3.21. The second-order valence-electron chi connectivity index (χ2n) is 8.56. The van der Waals surface area contributed by atoms with Crippen molar-refractivity contribution in [3.63, 3.8) is 0 Å². The van der Waals surface area contributed by atoms with E-state index in [1.165, 1.54) is 12.1 Å². The van der Waals surface area contributed by atoms with Crippen molar-refractivity contribution in [2.45, 2.75) is 25.5 Å². The molecular formula is C25H25ClFN5O. The highest BCUT2D eigenvalue weighted by Gasteiger charge is 2.30. The standard InChI is InChI=1S/C25H25ClFN5O/c1-14-7-16(9-18(27)8-14)19-12-29-31-24(22-10-15-3-4-17(26)11-21(15)30-22)25(19)32-6-5-20(28)23(13-32)33-2/h3-4,7-12,20,23,30H,5-6,13,28H2,1-2H3/t20-,23-/m0/s1. The van der Waals surface area contributed by atoms with Crippen LogP contribution in [0, 0.1) is 12.7 Å². The van der Waals surface area contributed by atoms with Crippen LogP contribution in [0.3, 0.4) is 0 Å². The van der Waals surface area contributed by atoms with Crippen molar-refractivity contribution in [2.24, 2.45) is 5.73 Å². The van der Waals surface area contributed by atoms with Crippen LogP contribution < -0.4 is 10.6 Å². The lowest BCUT2D eigenvalue weighted by molar-refractivity contribution is 0.0730. The molecule has 0 spiro atoms. The molecule has 2 atom stereocenters. The van der Waals surface area contributed by atoms with Gasteiger partial charge in [-0.25, -0.2) is 4.39 Å². The van der Waals surface area contributed by atoms with Crippen LogP contribution in [-0.2, 0) is 4.74 Å². The van der Waals surface area contributed by atoms with Crippen LogP contribution in [0.1, 0.15) is 12.0 Å². The number of anilines is 1. The molecule has 0 unspecified atom stereocenters. The molecule has 1 saturated heterocycles. The number of aromatic nitrogens is 3. The predicted molar refractivity (Wildman–Crippen MR) is 130 cm³/mol. The first-order valence-corrected chi connectivity index (χ1v) is 11.3. The first-order chi connectivity index (χ1) is 15.9. The summed E-state index contributed by atoms with van der Waals surface area (Å²) in [5.41, 5.74) is 12.0. The normalized spacial score (nSPS) is 18.8. The molecule has 0 radical (unpaired) electrons. The number of fused-ring (bicyclic) bond motifs is 1. The number of aryl methyl sites for hydroxylation is 1. The maximum atomic E-state index is 14.4. The van der Waals surface area contributed by atoms with Gasteiger partial charge in [-0.2, -0.15) is 5.10 Å². The molecule has 1 aliphatic heterocycles. The van der Waals surface area contributed by atoms with Crippen LogP contribution in [0.4, 0.5) is 10.1 Å². The molecule has 0 amide bonds. The fourth-order valence-electron chi connectivity index (χ4n) is 4.60. The highest BCUT2D eigenvalue weighted by atomic mass is 35.5. The molecule has 0 aliphatic carbocycles. The predicted octanol–water partition coefficient (Wildman–Crippen LogP) is 4.95. The Kier molecular flexibility index (Phi) is 5.78. The van der Waals surface area contributed by atoms with Gasteiger partial charge in [0.05, 0.1) is 23.7 Å². The molecule has 8 heteroatoms. The summed E-state index contributed by atoms with van der Waals surface area (Å²) in [4.78, 5) is 5.64. The molecule has 6 nitrogen and oxygen atoms in total. The molecule has 4 aromatic rings. The van der Waals surface area contributed by atoms with Gasteiger partial charge in [-0.3, -0.25) is 0 Å². The van der Waals surface area contributed by atoms with Crippen molar-refractivity contribution in [3.8, 4) is 22.5 Å². The van der Waals surface area contributed by atoms with E-state index >= 15 is 0 Å². The van der Waals surface area contributed by atoms with Gasteiger partial charge in [0.2, 0.25) is 0 Å². The summed E-state index contributed by atoms with van der Waals surface area (Å²) in [5, 5.41) is 10.5. The van der Waals surface area contributed by atoms with Gasteiger partial charge in [-0.1, -0.05) is 23.7 Å². The smallest absolute Gasteiger partial charge is 0.133 e. The summed E-state index contributed by atoms with van der Waals surface area (Å²) in [5.74, 6) is -0.287. The van der Waals surface area contributed by atoms with Gasteiger partial charge in [0.25, 0.3) is 0 Å². The number of hydrogen-bond acceptors (Lipinski definition) is 5. The Hall–Kier alpha value is -3.00. The number of nitrogens with zero attached hydrogens (tertiary/aromatic N) is 3. The Morgan fingerprint density at radius 2 is 2.06 bits per heavy atom. The summed E-state index contributed by atoms with van der Waals surface area (Å²) in [6.07, 6.45) is 2.34. The number of H-pyrrole nitrogens is 1. The first kappa shape index (κ1) is 21.8. The Labute approximate surface area is 196 Å². The van der Waals surface area contributed by atoms with E-state index in [2.05, 4.69) is 20.1 Å². The molecule has 2 aromatic carbocycles. The van der Waals surface area contributed by atoms with Crippen LogP contribution >= 0.6 is 11.6 Å². The van der Waals surface area contributed by atoms with E-state index in [0.29, 0.717) is 17.3 Å². The average Bonchev–Trinajstić information content (AvgIpc) is 3.21. The fourth-order valence-corrected chi connectivity index (χ4v) is 4.77. The van der Waals surface area contributed by atoms with E-state index in [0.717, 1.165) is 51.9 Å². The van der Waals surface area contributed by atoms with Gasteiger partial charge >= 0.3 is 0 Å². The van der Waals surface area contributed by atoms with E-state index in [1.807, 2.05) is 37.3 Å². The zero-order valence-electron chi connectivity index (χ0n) is 18.5. The highest BCUT2D eigenvalue weighted by Crippen LogP contribution is 2.40. The number of ether oxygens (including phenoxy) is 1. The number of nitrogens with two attached hydrogens (primary N) is 1. The number of halogens is 2. The average molecular weight is 466 g/mol. The summed E-state index contributed by atoms with van der Waals surface area (Å²) < 4.78 is 20.0. The van der Waals surface area contributed by atoms with Gasteiger partial charge < -0.3 is 20.4 Å². The molecule has 0 bridgehead atoms. The molecule has 1 fully saturated rings. The van der Waals surface area contributed by atoms with Crippen molar-refractivity contribution in [1.82, 2.24) is 15.2 Å². The molecule has 170 valence electrons. The Morgan fingerprint density at radius 3 is 2.85 bits per heavy atom. The SMILES string of the molecule is CO[C@H]1CN(c2c(-c3cc(C)cc(F)c3)cnnc2-c2cc3ccc(Cl)cc3[nH]2)CC[C@@H]1N. The van der Waals surface area contributed by atoms with Crippen molar-refractivity contribution in [2.75, 3.05) is 25.1 Å². The van der Waals surface area contributed by atoms with E-state index < -0.39 is 0 Å². The van der Waals surface area contributed by atoms with Crippen LogP contribution in [-0.4, -0.2) is 47.5 Å². The number of rotatable bonds is 4. The summed E-state index contributed by atoms with van der Waals surface area (Å²) >= 11 is 6.19. The third kappa shape index (κ3) is 4.19. The van der Waals surface area contributed by atoms with Crippen molar-refractivity contribution in [3.05, 3.63) is 65.1 Å². The van der Waals surface area contributed by atoms with Gasteiger partial charge in [-0.05, 0) is 54.8 Å². The third-order valence-electron chi connectivity index (χ3n) is 6.25. The summed E-state index contributed by atoms with van der Waals surface area (Å²) in [7, 11) is 1.68. The molecule has 33 heavy (non-hydrogen) atoms. The topological polar surface area (TPSA) is 80.1 Å². The Balaban J connectivity index is 1.71. The first-order valence-electron chi connectivity index (χ1n) is 10.9. The van der Waals surface area contributed by atoms with Gasteiger partial charge in [0.15, 0.2) is 0 Å². The number of methoxy groups -OCH3 is 1. The maximum Gasteiger partial charge on any atom is 0.133 e. The van der Waals surface area contributed by atoms with E-state index in [-0.39, 0.29) is 18.0 Å². The number of hydrogen-bond donors (Lipinski definition) is 2. The van der Waals surface area contributed by atoms with Gasteiger partial charge in [0, 0.05) is 47.7 Å². The molecule has 0 saturated carbocycles. The second kappa shape index (κ2) is 8.74. The zero-order valence-corrected chi connectivity index (χ0v) is 19.2. The van der Waals surface area contributed by atoms with Crippen LogP contribution in [0.25, 0.3) is 33.4 Å². The molecular weight excluding hydrogens is 441 g/mol. The highest BCUT2D eigenvalue weighted by molar-refractivity contribution is 6.31. The number of aromatic amines is 1. The fraction of sp³-hybridized carbons (Fsp3) is 0.280. The minimum atomic E-state index is -0.287. The van der Waals surface area contributed by atoms with Crippen molar-refractivity contribution in [1.29, 1.82) is 0 Å².